The molecule has 2 amide bonds. The zero-order valence-electron chi connectivity index (χ0n) is 17.2. The summed E-state index contributed by atoms with van der Waals surface area (Å²) in [6.45, 7) is 1.07. The van der Waals surface area contributed by atoms with Gasteiger partial charge in [0.15, 0.2) is 5.58 Å². The van der Waals surface area contributed by atoms with Crippen molar-refractivity contribution in [2.24, 2.45) is 0 Å². The summed E-state index contributed by atoms with van der Waals surface area (Å²) in [7, 11) is 0. The number of amides is 2. The SMILES string of the molecule is O=C(NCc1ccccc1)N1CCCC1c1nc2cc(-c3ccc(F)cc3F)ccc2o1. The number of aromatic nitrogens is 1. The minimum Gasteiger partial charge on any atom is -0.438 e. The molecule has 1 aliphatic rings. The van der Waals surface area contributed by atoms with Gasteiger partial charge in [-0.1, -0.05) is 36.4 Å². The molecule has 5 rings (SSSR count). The van der Waals surface area contributed by atoms with Gasteiger partial charge in [-0.3, -0.25) is 0 Å². The van der Waals surface area contributed by atoms with Crippen molar-refractivity contribution in [1.29, 1.82) is 0 Å². The van der Waals surface area contributed by atoms with E-state index in [9.17, 15) is 13.6 Å². The second kappa shape index (κ2) is 8.42. The molecule has 1 saturated heterocycles. The van der Waals surface area contributed by atoms with Crippen molar-refractivity contribution in [3.8, 4) is 11.1 Å². The number of likely N-dealkylation sites (tertiary alicyclic amines) is 1. The first kappa shape index (κ1) is 20.2. The lowest BCUT2D eigenvalue weighted by atomic mass is 10.0. The Morgan fingerprint density at radius 2 is 1.94 bits per heavy atom. The third-order valence-corrected chi connectivity index (χ3v) is 5.73. The van der Waals surface area contributed by atoms with E-state index in [0.29, 0.717) is 41.2 Å². The molecule has 5 nitrogen and oxygen atoms in total. The van der Waals surface area contributed by atoms with E-state index in [0.717, 1.165) is 24.5 Å². The normalized spacial score (nSPS) is 15.9. The first-order valence-electron chi connectivity index (χ1n) is 10.5. The van der Waals surface area contributed by atoms with Crippen LogP contribution in [-0.2, 0) is 6.54 Å². The van der Waals surface area contributed by atoms with E-state index >= 15 is 0 Å². The average Bonchev–Trinajstić information content (AvgIpc) is 3.44. The molecule has 1 fully saturated rings. The summed E-state index contributed by atoms with van der Waals surface area (Å²) in [5.41, 5.74) is 3.03. The Bertz CT molecular complexity index is 1270. The highest BCUT2D eigenvalue weighted by Gasteiger charge is 2.33. The second-order valence-electron chi connectivity index (χ2n) is 7.85. The molecular formula is C25H21F2N3O2. The molecule has 1 aliphatic heterocycles. The van der Waals surface area contributed by atoms with Crippen molar-refractivity contribution in [3.63, 3.8) is 0 Å². The number of oxazole rings is 1. The highest BCUT2D eigenvalue weighted by molar-refractivity contribution is 5.81. The van der Waals surface area contributed by atoms with Gasteiger partial charge in [-0.2, -0.15) is 0 Å². The standard InChI is InChI=1S/C25H21F2N3O2/c26-18-9-10-19(20(27)14-18)17-8-11-23-21(13-17)29-24(32-23)22-7-4-12-30(22)25(31)28-15-16-5-2-1-3-6-16/h1-3,5-6,8-11,13-14,22H,4,7,12,15H2,(H,28,31). The van der Waals surface area contributed by atoms with E-state index in [1.807, 2.05) is 30.3 Å². The average molecular weight is 433 g/mol. The minimum absolute atomic E-state index is 0.160. The smallest absolute Gasteiger partial charge is 0.318 e. The molecule has 0 radical (unpaired) electrons. The van der Waals surface area contributed by atoms with Gasteiger partial charge >= 0.3 is 6.03 Å². The lowest BCUT2D eigenvalue weighted by molar-refractivity contribution is 0.184. The van der Waals surface area contributed by atoms with Crippen LogP contribution in [0.2, 0.25) is 0 Å². The highest BCUT2D eigenvalue weighted by Crippen LogP contribution is 2.34. The molecular weight excluding hydrogens is 412 g/mol. The summed E-state index contributed by atoms with van der Waals surface area (Å²) >= 11 is 0. The van der Waals surface area contributed by atoms with Crippen molar-refractivity contribution >= 4 is 17.1 Å². The van der Waals surface area contributed by atoms with Crippen LogP contribution in [0.5, 0.6) is 0 Å². The van der Waals surface area contributed by atoms with E-state index in [4.69, 9.17) is 4.42 Å². The van der Waals surface area contributed by atoms with Crippen molar-refractivity contribution in [1.82, 2.24) is 15.2 Å². The number of benzene rings is 3. The molecule has 2 heterocycles. The molecule has 0 aliphatic carbocycles. The molecule has 1 atom stereocenters. The Kier molecular flexibility index (Phi) is 5.31. The van der Waals surface area contributed by atoms with Gasteiger partial charge in [0, 0.05) is 24.7 Å². The fraction of sp³-hybridized carbons (Fsp3) is 0.200. The number of carbonyl (C=O) groups excluding carboxylic acids is 1. The summed E-state index contributed by atoms with van der Waals surface area (Å²) in [5, 5.41) is 2.96. The molecule has 4 aromatic rings. The summed E-state index contributed by atoms with van der Waals surface area (Å²) < 4.78 is 33.4. The van der Waals surface area contributed by atoms with Crippen molar-refractivity contribution in [3.05, 3.63) is 89.8 Å². The number of nitrogens with zero attached hydrogens (tertiary/aromatic N) is 2. The number of carbonyl (C=O) groups is 1. The quantitative estimate of drug-likeness (QED) is 0.441. The van der Waals surface area contributed by atoms with E-state index < -0.39 is 11.6 Å². The van der Waals surface area contributed by atoms with E-state index in [-0.39, 0.29) is 12.1 Å². The largest absolute Gasteiger partial charge is 0.438 e. The lowest BCUT2D eigenvalue weighted by Gasteiger charge is -2.22. The van der Waals surface area contributed by atoms with Crippen LogP contribution in [0.4, 0.5) is 13.6 Å². The zero-order chi connectivity index (χ0) is 22.1. The lowest BCUT2D eigenvalue weighted by Crippen LogP contribution is -2.39. The third kappa shape index (κ3) is 3.93. The van der Waals surface area contributed by atoms with Crippen LogP contribution in [0.1, 0.15) is 30.3 Å². The van der Waals surface area contributed by atoms with Gasteiger partial charge in [-0.15, -0.1) is 0 Å². The Labute approximate surface area is 183 Å². The van der Waals surface area contributed by atoms with Crippen molar-refractivity contribution in [2.45, 2.75) is 25.4 Å². The molecule has 3 aromatic carbocycles. The van der Waals surface area contributed by atoms with Gasteiger partial charge in [0.2, 0.25) is 5.89 Å². The number of hydrogen-bond donors (Lipinski definition) is 1. The molecule has 0 saturated carbocycles. The molecule has 32 heavy (non-hydrogen) atoms. The summed E-state index contributed by atoms with van der Waals surface area (Å²) in [4.78, 5) is 19.1. The Morgan fingerprint density at radius 1 is 1.09 bits per heavy atom. The van der Waals surface area contributed by atoms with E-state index in [2.05, 4.69) is 10.3 Å². The van der Waals surface area contributed by atoms with Crippen LogP contribution in [-0.4, -0.2) is 22.5 Å². The maximum atomic E-state index is 14.2. The van der Waals surface area contributed by atoms with Crippen LogP contribution < -0.4 is 5.32 Å². The number of nitrogens with one attached hydrogen (secondary N) is 1. The van der Waals surface area contributed by atoms with Gasteiger partial charge in [0.25, 0.3) is 0 Å². The van der Waals surface area contributed by atoms with Gasteiger partial charge in [-0.25, -0.2) is 18.6 Å². The van der Waals surface area contributed by atoms with Crippen LogP contribution in [0.15, 0.2) is 71.1 Å². The van der Waals surface area contributed by atoms with Crippen LogP contribution in [0.3, 0.4) is 0 Å². The van der Waals surface area contributed by atoms with Crippen molar-refractivity contribution < 1.29 is 18.0 Å². The predicted octanol–water partition coefficient (Wildman–Crippen LogP) is 5.82. The van der Waals surface area contributed by atoms with Gasteiger partial charge in [-0.05, 0) is 48.2 Å². The molecule has 1 aromatic heterocycles. The van der Waals surface area contributed by atoms with E-state index in [1.54, 1.807) is 23.1 Å². The summed E-state index contributed by atoms with van der Waals surface area (Å²) in [6, 6.07) is 18.0. The Hall–Kier alpha value is -3.74. The molecule has 7 heteroatoms. The van der Waals surface area contributed by atoms with Gasteiger partial charge in [0.1, 0.15) is 23.2 Å². The minimum atomic E-state index is -0.634. The molecule has 162 valence electrons. The molecule has 1 N–H and O–H groups in total. The molecule has 0 spiro atoms. The molecule has 1 unspecified atom stereocenters. The van der Waals surface area contributed by atoms with Gasteiger partial charge < -0.3 is 14.6 Å². The number of rotatable bonds is 4. The predicted molar refractivity (Wildman–Crippen MR) is 117 cm³/mol. The van der Waals surface area contributed by atoms with Gasteiger partial charge in [0.05, 0.1) is 0 Å². The molecule has 0 bridgehead atoms. The Morgan fingerprint density at radius 3 is 2.75 bits per heavy atom. The number of hydrogen-bond acceptors (Lipinski definition) is 3. The number of urea groups is 1. The first-order valence-corrected chi connectivity index (χ1v) is 10.5. The maximum Gasteiger partial charge on any atom is 0.318 e. The number of fused-ring (bicyclic) bond motifs is 1. The Balaban J connectivity index is 1.37. The summed E-state index contributed by atoms with van der Waals surface area (Å²) in [6.07, 6.45) is 1.61. The highest BCUT2D eigenvalue weighted by atomic mass is 19.1. The summed E-state index contributed by atoms with van der Waals surface area (Å²) in [5.74, 6) is -0.794. The second-order valence-corrected chi connectivity index (χ2v) is 7.85. The fourth-order valence-corrected chi connectivity index (χ4v) is 4.12. The van der Waals surface area contributed by atoms with Crippen LogP contribution in [0.25, 0.3) is 22.2 Å². The van der Waals surface area contributed by atoms with Crippen molar-refractivity contribution in [2.75, 3.05) is 6.54 Å². The van der Waals surface area contributed by atoms with Crippen LogP contribution in [0, 0.1) is 11.6 Å². The maximum absolute atomic E-state index is 14.2. The fourth-order valence-electron chi connectivity index (χ4n) is 4.12. The zero-order valence-corrected chi connectivity index (χ0v) is 17.2. The van der Waals surface area contributed by atoms with E-state index in [1.165, 1.54) is 12.1 Å². The number of halogens is 2. The monoisotopic (exact) mass is 433 g/mol. The topological polar surface area (TPSA) is 58.4 Å². The first-order chi connectivity index (χ1) is 15.6. The third-order valence-electron chi connectivity index (χ3n) is 5.73. The van der Waals surface area contributed by atoms with Crippen LogP contribution >= 0.6 is 0 Å².